The van der Waals surface area contributed by atoms with Gasteiger partial charge in [-0.3, -0.25) is 0 Å². The zero-order valence-electron chi connectivity index (χ0n) is 5.35. The summed E-state index contributed by atoms with van der Waals surface area (Å²) in [6, 6.07) is 0. The third kappa shape index (κ3) is 3.95. The van der Waals surface area contributed by atoms with Gasteiger partial charge in [0.25, 0.3) is 0 Å². The van der Waals surface area contributed by atoms with Crippen molar-refractivity contribution in [1.29, 1.82) is 0 Å². The van der Waals surface area contributed by atoms with E-state index in [1.165, 1.54) is 6.33 Å². The molecule has 2 heteroatoms. The van der Waals surface area contributed by atoms with Gasteiger partial charge in [-0.05, 0) is 0 Å². The first-order valence-electron chi connectivity index (χ1n) is 2.76. The van der Waals surface area contributed by atoms with Gasteiger partial charge in [0.15, 0.2) is 0 Å². The maximum atomic E-state index is 9.54. The van der Waals surface area contributed by atoms with Crippen molar-refractivity contribution in [3.8, 4) is 6.33 Å². The summed E-state index contributed by atoms with van der Waals surface area (Å²) >= 11 is 0. The van der Waals surface area contributed by atoms with Gasteiger partial charge in [-0.15, -0.1) is 0 Å². The molecular weight excluding hydrogens is 116 g/mol. The molecule has 0 unspecified atom stereocenters. The molecule has 0 aromatic carbocycles. The molecule has 0 aliphatic rings. The van der Waals surface area contributed by atoms with Crippen LogP contribution < -0.4 is 0 Å². The first-order chi connectivity index (χ1) is 4.35. The number of hydrogen-bond donors (Lipinski definition) is 0. The fourth-order valence-corrected chi connectivity index (χ4v) is 0.401. The number of hydrogen-bond acceptors (Lipinski definition) is 1. The van der Waals surface area contributed by atoms with E-state index in [2.05, 4.69) is 18.6 Å². The molecule has 0 N–H and O–H groups in total. The molecule has 0 atom stereocenters. The van der Waals surface area contributed by atoms with Crippen molar-refractivity contribution >= 4 is 0 Å². The van der Waals surface area contributed by atoms with Gasteiger partial charge in [0.05, 0.1) is 0 Å². The Morgan fingerprint density at radius 1 is 1.44 bits per heavy atom. The molecule has 0 aliphatic heterocycles. The van der Waals surface area contributed by atoms with E-state index in [0.717, 1.165) is 5.92 Å². The molecule has 2 nitrogen and oxygen atoms in total. The van der Waals surface area contributed by atoms with Crippen molar-refractivity contribution < 1.29 is 9.39 Å². The van der Waals surface area contributed by atoms with Crippen LogP contribution >= 0.6 is 0 Å². The Bertz CT molecular complexity index is 89.6. The van der Waals surface area contributed by atoms with E-state index in [4.69, 9.17) is 0 Å². The minimum absolute atomic E-state index is 0.316. The van der Waals surface area contributed by atoms with E-state index >= 15 is 0 Å². The van der Waals surface area contributed by atoms with Crippen LogP contribution in [0.25, 0.3) is 0 Å². The monoisotopic (exact) mass is 126 g/mol. The van der Waals surface area contributed by atoms with Crippen LogP contribution in [0.4, 0.5) is 0 Å². The van der Waals surface area contributed by atoms with Crippen molar-refractivity contribution in [2.45, 2.75) is 12.8 Å². The molecule has 0 fully saturated rings. The van der Waals surface area contributed by atoms with Gasteiger partial charge in [0, 0.05) is 0 Å². The molecule has 9 heavy (non-hydrogen) atoms. The van der Waals surface area contributed by atoms with Gasteiger partial charge in [-0.1, -0.05) is 0 Å². The van der Waals surface area contributed by atoms with Gasteiger partial charge < -0.3 is 0 Å². The fourth-order valence-electron chi connectivity index (χ4n) is 0.401. The maximum absolute atomic E-state index is 9.54. The van der Waals surface area contributed by atoms with Crippen LogP contribution in [0.3, 0.4) is 0 Å². The SMILES string of the molecule is [CH2-]C[C+](C[CH2-])COC#[O+]. The summed E-state index contributed by atoms with van der Waals surface area (Å²) in [5.41, 5.74) is 0. The second kappa shape index (κ2) is 5.54. The molecule has 0 spiro atoms. The molecule has 0 radical (unpaired) electrons. The molecular formula is C7H10O2. The zero-order valence-corrected chi connectivity index (χ0v) is 5.35. The predicted octanol–water partition coefficient (Wildman–Crippen LogP) is 1.37. The second-order valence-corrected chi connectivity index (χ2v) is 1.62. The molecule has 0 aromatic heterocycles. The van der Waals surface area contributed by atoms with Crippen LogP contribution in [0.5, 0.6) is 0 Å². The third-order valence-electron chi connectivity index (χ3n) is 1.04. The minimum atomic E-state index is 0.316. The Kier molecular flexibility index (Phi) is 5.18. The van der Waals surface area contributed by atoms with Crippen molar-refractivity contribution in [2.24, 2.45) is 0 Å². The summed E-state index contributed by atoms with van der Waals surface area (Å²) in [5, 5.41) is 0. The first-order valence-corrected chi connectivity index (χ1v) is 2.76. The zero-order chi connectivity index (χ0) is 7.11. The molecule has 0 aliphatic carbocycles. The average Bonchev–Trinajstić information content (AvgIpc) is 1.91. The van der Waals surface area contributed by atoms with Crippen LogP contribution in [0, 0.1) is 26.1 Å². The van der Waals surface area contributed by atoms with Crippen LogP contribution in [0.15, 0.2) is 0 Å². The summed E-state index contributed by atoms with van der Waals surface area (Å²) < 4.78 is 13.9. The van der Waals surface area contributed by atoms with Crippen molar-refractivity contribution in [3.63, 3.8) is 0 Å². The van der Waals surface area contributed by atoms with Crippen molar-refractivity contribution in [3.05, 3.63) is 19.8 Å². The molecule has 0 saturated carbocycles. The fraction of sp³-hybridized carbons (Fsp3) is 0.429. The van der Waals surface area contributed by atoms with Crippen LogP contribution in [0.1, 0.15) is 12.8 Å². The van der Waals surface area contributed by atoms with Gasteiger partial charge in [-0.2, -0.15) is 0 Å². The quantitative estimate of drug-likeness (QED) is 0.413. The standard InChI is InChI=1S/C7H10O2/c1-3-7(4-2)5-9-6-8/h1-5H2. The predicted molar refractivity (Wildman–Crippen MR) is 33.7 cm³/mol. The Morgan fingerprint density at radius 2 is 2.00 bits per heavy atom. The third-order valence-corrected chi connectivity index (χ3v) is 1.04. The van der Waals surface area contributed by atoms with E-state index in [9.17, 15) is 4.65 Å². The van der Waals surface area contributed by atoms with Gasteiger partial charge >= 0.3 is 54.9 Å². The van der Waals surface area contributed by atoms with E-state index < -0.39 is 0 Å². The summed E-state index contributed by atoms with van der Waals surface area (Å²) in [6.45, 7) is 7.56. The van der Waals surface area contributed by atoms with Gasteiger partial charge in [-0.25, -0.2) is 0 Å². The van der Waals surface area contributed by atoms with E-state index in [0.29, 0.717) is 19.4 Å². The molecule has 50 valence electrons. The van der Waals surface area contributed by atoms with Crippen LogP contribution in [-0.4, -0.2) is 6.61 Å². The Labute approximate surface area is 55.9 Å². The average molecular weight is 126 g/mol. The van der Waals surface area contributed by atoms with Crippen molar-refractivity contribution in [1.82, 2.24) is 0 Å². The Balaban J connectivity index is 3.22. The molecule has 0 bridgehead atoms. The van der Waals surface area contributed by atoms with Crippen LogP contribution in [0.2, 0.25) is 0 Å². The molecule has 0 rings (SSSR count). The normalized spacial score (nSPS) is 8.11. The van der Waals surface area contributed by atoms with E-state index in [1.807, 2.05) is 0 Å². The van der Waals surface area contributed by atoms with Crippen LogP contribution in [-0.2, 0) is 9.39 Å². The van der Waals surface area contributed by atoms with Gasteiger partial charge in [0.1, 0.15) is 0 Å². The number of ether oxygens (including phenoxy) is 1. The second-order valence-electron chi connectivity index (χ2n) is 1.62. The molecule has 0 aromatic rings. The first kappa shape index (κ1) is 8.41. The van der Waals surface area contributed by atoms with E-state index in [-0.39, 0.29) is 0 Å². The topological polar surface area (TPSA) is 29.1 Å². The van der Waals surface area contributed by atoms with Gasteiger partial charge in [0.2, 0.25) is 0 Å². The Hall–Kier alpha value is -0.590. The summed E-state index contributed by atoms with van der Waals surface area (Å²) in [4.78, 5) is 0. The van der Waals surface area contributed by atoms with Crippen molar-refractivity contribution in [2.75, 3.05) is 6.61 Å². The summed E-state index contributed by atoms with van der Waals surface area (Å²) in [5.74, 6) is 1.03. The van der Waals surface area contributed by atoms with E-state index in [1.54, 1.807) is 0 Å². The molecule has 0 amide bonds. The number of rotatable bonds is 4. The molecule has 0 heterocycles. The summed E-state index contributed by atoms with van der Waals surface area (Å²) in [6.07, 6.45) is 2.68. The molecule has 0 saturated heterocycles. The summed E-state index contributed by atoms with van der Waals surface area (Å²) in [7, 11) is 0. The Morgan fingerprint density at radius 3 is 2.33 bits per heavy atom.